The molecule has 1 heterocycles. The molecule has 0 aliphatic rings. The van der Waals surface area contributed by atoms with E-state index in [1.165, 1.54) is 6.92 Å². The van der Waals surface area contributed by atoms with Gasteiger partial charge in [-0.15, -0.1) is 0 Å². The van der Waals surface area contributed by atoms with E-state index in [-0.39, 0.29) is 13.0 Å². The van der Waals surface area contributed by atoms with E-state index >= 15 is 0 Å². The number of rotatable bonds is 7. The number of carbonyl (C=O) groups is 3. The molecular formula is C16H20N4O4. The van der Waals surface area contributed by atoms with Gasteiger partial charge in [-0.1, -0.05) is 18.2 Å². The molecule has 1 aromatic heterocycles. The number of aliphatic carboxylic acids is 1. The van der Waals surface area contributed by atoms with Crippen LogP contribution in [0.4, 0.5) is 0 Å². The fourth-order valence-electron chi connectivity index (χ4n) is 2.29. The molecule has 6 N–H and O–H groups in total. The number of nitrogens with two attached hydrogens (primary N) is 1. The maximum Gasteiger partial charge on any atom is 0.326 e. The van der Waals surface area contributed by atoms with Crippen molar-refractivity contribution in [2.24, 2.45) is 5.73 Å². The van der Waals surface area contributed by atoms with E-state index in [1.54, 1.807) is 6.20 Å². The second-order valence-corrected chi connectivity index (χ2v) is 5.53. The maximum atomic E-state index is 11.8. The van der Waals surface area contributed by atoms with Crippen LogP contribution in [0.1, 0.15) is 12.5 Å². The van der Waals surface area contributed by atoms with Gasteiger partial charge < -0.3 is 26.5 Å². The zero-order valence-corrected chi connectivity index (χ0v) is 13.2. The molecule has 0 aliphatic heterocycles. The lowest BCUT2D eigenvalue weighted by atomic mass is 10.0. The first-order valence-electron chi connectivity index (χ1n) is 7.49. The molecule has 0 spiro atoms. The molecule has 0 aliphatic carbocycles. The first-order chi connectivity index (χ1) is 11.4. The average molecular weight is 332 g/mol. The van der Waals surface area contributed by atoms with Crippen LogP contribution in [0.3, 0.4) is 0 Å². The molecule has 0 saturated heterocycles. The zero-order valence-electron chi connectivity index (χ0n) is 13.2. The lowest BCUT2D eigenvalue weighted by Gasteiger charge is -2.15. The summed E-state index contributed by atoms with van der Waals surface area (Å²) in [4.78, 5) is 37.6. The Labute approximate surface area is 138 Å². The van der Waals surface area contributed by atoms with Gasteiger partial charge in [-0.05, 0) is 18.6 Å². The Morgan fingerprint density at radius 2 is 2.00 bits per heavy atom. The summed E-state index contributed by atoms with van der Waals surface area (Å²) in [5.41, 5.74) is 7.06. The number of H-pyrrole nitrogens is 1. The summed E-state index contributed by atoms with van der Waals surface area (Å²) in [7, 11) is 0. The van der Waals surface area contributed by atoms with Gasteiger partial charge in [0, 0.05) is 23.5 Å². The summed E-state index contributed by atoms with van der Waals surface area (Å²) in [5, 5.41) is 15.0. The fraction of sp³-hybridized carbons (Fsp3) is 0.312. The Hall–Kier alpha value is -2.87. The predicted octanol–water partition coefficient (Wildman–Crippen LogP) is -0.257. The van der Waals surface area contributed by atoms with Crippen molar-refractivity contribution in [1.82, 2.24) is 15.6 Å². The van der Waals surface area contributed by atoms with Gasteiger partial charge in [-0.3, -0.25) is 9.59 Å². The van der Waals surface area contributed by atoms with Gasteiger partial charge in [0.1, 0.15) is 6.04 Å². The van der Waals surface area contributed by atoms with E-state index in [9.17, 15) is 19.5 Å². The normalized spacial score (nSPS) is 13.2. The van der Waals surface area contributed by atoms with Crippen LogP contribution in [0, 0.1) is 0 Å². The predicted molar refractivity (Wildman–Crippen MR) is 88.2 cm³/mol. The number of hydrogen-bond acceptors (Lipinski definition) is 4. The molecule has 2 rings (SSSR count). The molecular weight excluding hydrogens is 312 g/mol. The van der Waals surface area contributed by atoms with Crippen LogP contribution in [-0.2, 0) is 20.8 Å². The van der Waals surface area contributed by atoms with Crippen molar-refractivity contribution in [2.45, 2.75) is 25.4 Å². The highest BCUT2D eigenvalue weighted by molar-refractivity contribution is 5.90. The van der Waals surface area contributed by atoms with Crippen LogP contribution >= 0.6 is 0 Å². The largest absolute Gasteiger partial charge is 0.480 e. The molecule has 0 radical (unpaired) electrons. The number of aromatic amines is 1. The van der Waals surface area contributed by atoms with E-state index in [4.69, 9.17) is 5.73 Å². The van der Waals surface area contributed by atoms with Crippen LogP contribution in [0.15, 0.2) is 30.5 Å². The van der Waals surface area contributed by atoms with Gasteiger partial charge in [0.2, 0.25) is 11.8 Å². The highest BCUT2D eigenvalue weighted by Crippen LogP contribution is 2.19. The number of carboxylic acid groups (broad SMARTS) is 1. The number of nitrogens with one attached hydrogen (secondary N) is 3. The van der Waals surface area contributed by atoms with E-state index in [2.05, 4.69) is 15.6 Å². The van der Waals surface area contributed by atoms with Gasteiger partial charge >= 0.3 is 5.97 Å². The van der Waals surface area contributed by atoms with Crippen molar-refractivity contribution in [3.63, 3.8) is 0 Å². The quantitative estimate of drug-likeness (QED) is 0.476. The Kier molecular flexibility index (Phi) is 5.54. The van der Waals surface area contributed by atoms with Crippen LogP contribution < -0.4 is 16.4 Å². The number of para-hydroxylation sites is 1. The first-order valence-corrected chi connectivity index (χ1v) is 7.49. The SMILES string of the molecule is CC(N)C(=O)NCC(=O)NC(Cc1c[nH]c2ccccc12)C(=O)O. The Morgan fingerprint density at radius 3 is 2.67 bits per heavy atom. The number of fused-ring (bicyclic) bond motifs is 1. The van der Waals surface area contributed by atoms with Gasteiger partial charge in [0.15, 0.2) is 0 Å². The second kappa shape index (κ2) is 7.60. The summed E-state index contributed by atoms with van der Waals surface area (Å²) in [6.07, 6.45) is 1.86. The topological polar surface area (TPSA) is 137 Å². The van der Waals surface area contributed by atoms with Crippen molar-refractivity contribution in [2.75, 3.05) is 6.54 Å². The Morgan fingerprint density at radius 1 is 1.29 bits per heavy atom. The van der Waals surface area contributed by atoms with Crippen LogP contribution in [0.5, 0.6) is 0 Å². The lowest BCUT2D eigenvalue weighted by Crippen LogP contribution is -2.48. The summed E-state index contributed by atoms with van der Waals surface area (Å²) in [6, 6.07) is 5.67. The summed E-state index contributed by atoms with van der Waals surface area (Å²) in [5.74, 6) is -2.21. The average Bonchev–Trinajstić information content (AvgIpc) is 2.95. The van der Waals surface area contributed by atoms with Gasteiger partial charge in [-0.2, -0.15) is 0 Å². The Balaban J connectivity index is 2.01. The third-order valence-corrected chi connectivity index (χ3v) is 3.57. The first kappa shape index (κ1) is 17.5. The number of carboxylic acids is 1. The van der Waals surface area contributed by atoms with Gasteiger partial charge in [-0.25, -0.2) is 4.79 Å². The molecule has 8 heteroatoms. The standard InChI is InChI=1S/C16H20N4O4/c1-9(17)15(22)19-8-14(21)20-13(16(23)24)6-10-7-18-12-5-3-2-4-11(10)12/h2-5,7,9,13,18H,6,8,17H2,1H3,(H,19,22)(H,20,21)(H,23,24). The van der Waals surface area contributed by atoms with Crippen molar-refractivity contribution in [1.29, 1.82) is 0 Å². The molecule has 0 saturated carbocycles. The van der Waals surface area contributed by atoms with Crippen molar-refractivity contribution in [3.8, 4) is 0 Å². The van der Waals surface area contributed by atoms with Crippen LogP contribution in [0.2, 0.25) is 0 Å². The van der Waals surface area contributed by atoms with Crippen molar-refractivity contribution in [3.05, 3.63) is 36.0 Å². The van der Waals surface area contributed by atoms with E-state index in [0.717, 1.165) is 16.5 Å². The smallest absolute Gasteiger partial charge is 0.326 e. The molecule has 128 valence electrons. The number of carbonyl (C=O) groups excluding carboxylic acids is 2. The molecule has 2 atom stereocenters. The highest BCUT2D eigenvalue weighted by atomic mass is 16.4. The summed E-state index contributed by atoms with van der Waals surface area (Å²) in [6.45, 7) is 1.17. The monoisotopic (exact) mass is 332 g/mol. The number of amides is 2. The third kappa shape index (κ3) is 4.32. The van der Waals surface area contributed by atoms with Crippen molar-refractivity contribution < 1.29 is 19.5 Å². The van der Waals surface area contributed by atoms with Gasteiger partial charge in [0.25, 0.3) is 0 Å². The van der Waals surface area contributed by atoms with E-state index in [1.807, 2.05) is 24.3 Å². The second-order valence-electron chi connectivity index (χ2n) is 5.53. The third-order valence-electron chi connectivity index (χ3n) is 3.57. The molecule has 1 aromatic carbocycles. The number of benzene rings is 1. The molecule has 2 amide bonds. The van der Waals surface area contributed by atoms with E-state index < -0.39 is 29.9 Å². The van der Waals surface area contributed by atoms with Crippen LogP contribution in [-0.4, -0.2) is 46.5 Å². The minimum Gasteiger partial charge on any atom is -0.480 e. The van der Waals surface area contributed by atoms with Gasteiger partial charge in [0.05, 0.1) is 12.6 Å². The minimum atomic E-state index is -1.15. The van der Waals surface area contributed by atoms with Crippen molar-refractivity contribution >= 4 is 28.7 Å². The summed E-state index contributed by atoms with van der Waals surface area (Å²) >= 11 is 0. The molecule has 8 nitrogen and oxygen atoms in total. The summed E-state index contributed by atoms with van der Waals surface area (Å²) < 4.78 is 0. The molecule has 2 aromatic rings. The molecule has 24 heavy (non-hydrogen) atoms. The molecule has 0 fully saturated rings. The number of aromatic nitrogens is 1. The van der Waals surface area contributed by atoms with Crippen LogP contribution in [0.25, 0.3) is 10.9 Å². The highest BCUT2D eigenvalue weighted by Gasteiger charge is 2.22. The maximum absolute atomic E-state index is 11.8. The van der Waals surface area contributed by atoms with E-state index in [0.29, 0.717) is 0 Å². The Bertz CT molecular complexity index is 753. The number of hydrogen-bond donors (Lipinski definition) is 5. The minimum absolute atomic E-state index is 0.131. The molecule has 2 unspecified atom stereocenters. The lowest BCUT2D eigenvalue weighted by molar-refractivity contribution is -0.141. The fourth-order valence-corrected chi connectivity index (χ4v) is 2.29. The molecule has 0 bridgehead atoms. The zero-order chi connectivity index (χ0) is 17.7.